The van der Waals surface area contributed by atoms with Crippen molar-refractivity contribution in [2.45, 2.75) is 11.1 Å². The lowest BCUT2D eigenvalue weighted by atomic mass is 10.2. The molecule has 0 saturated carbocycles. The van der Waals surface area contributed by atoms with Gasteiger partial charge in [0.05, 0.1) is 14.8 Å². The van der Waals surface area contributed by atoms with Crippen LogP contribution in [0.1, 0.15) is 16.1 Å². The summed E-state index contributed by atoms with van der Waals surface area (Å²) in [6.45, 7) is 0. The third-order valence-electron chi connectivity index (χ3n) is 3.94. The predicted octanol–water partition coefficient (Wildman–Crippen LogP) is 5.37. The zero-order valence-electron chi connectivity index (χ0n) is 16.0. The van der Waals surface area contributed by atoms with E-state index in [4.69, 9.17) is 21.1 Å². The van der Waals surface area contributed by atoms with Crippen molar-refractivity contribution in [2.24, 2.45) is 0 Å². The summed E-state index contributed by atoms with van der Waals surface area (Å²) in [5, 5.41) is 8.51. The van der Waals surface area contributed by atoms with Gasteiger partial charge >= 0.3 is 6.18 Å². The first-order valence-corrected chi connectivity index (χ1v) is 10.9. The second-order valence-corrected chi connectivity index (χ2v) is 9.01. The van der Waals surface area contributed by atoms with Crippen LogP contribution in [0.25, 0.3) is 0 Å². The van der Waals surface area contributed by atoms with Crippen LogP contribution in [0.3, 0.4) is 0 Å². The molecule has 0 aliphatic rings. The van der Waals surface area contributed by atoms with Crippen LogP contribution in [0.5, 0.6) is 11.6 Å². The Morgan fingerprint density at radius 1 is 1.16 bits per heavy atom. The summed E-state index contributed by atoms with van der Waals surface area (Å²) in [5.41, 5.74) is -2.01. The average Bonchev–Trinajstić information content (AvgIpc) is 2.69. The molecule has 1 heterocycles. The molecule has 1 aromatic heterocycles. The Labute approximate surface area is 184 Å². The Morgan fingerprint density at radius 3 is 2.50 bits per heavy atom. The summed E-state index contributed by atoms with van der Waals surface area (Å²) < 4.78 is 77.5. The van der Waals surface area contributed by atoms with Gasteiger partial charge in [0.25, 0.3) is 11.8 Å². The number of aromatic nitrogens is 2. The number of amides is 1. The molecule has 2 N–H and O–H groups in total. The fraction of sp³-hybridized carbons (Fsp3) is 0.105. The van der Waals surface area contributed by atoms with E-state index in [1.54, 1.807) is 0 Å². The largest absolute Gasteiger partial charge is 0.435 e. The van der Waals surface area contributed by atoms with Crippen LogP contribution in [-0.4, -0.2) is 26.6 Å². The van der Waals surface area contributed by atoms with E-state index in [-0.39, 0.29) is 21.4 Å². The molecule has 1 unspecified atom stereocenters. The molecule has 0 bridgehead atoms. The lowest BCUT2D eigenvalue weighted by Gasteiger charge is -2.13. The highest BCUT2D eigenvalue weighted by molar-refractivity contribution is 7.91. The van der Waals surface area contributed by atoms with Gasteiger partial charge in [-0.3, -0.25) is 4.79 Å². The van der Waals surface area contributed by atoms with E-state index in [1.165, 1.54) is 30.5 Å². The third-order valence-corrected chi connectivity index (χ3v) is 5.39. The molecule has 1 atom stereocenters. The number of nitrogens with one attached hydrogen (secondary N) is 2. The van der Waals surface area contributed by atoms with Crippen molar-refractivity contribution in [3.63, 3.8) is 0 Å². The molecule has 0 fully saturated rings. The van der Waals surface area contributed by atoms with Gasteiger partial charge in [0, 0.05) is 16.8 Å². The van der Waals surface area contributed by atoms with E-state index in [2.05, 4.69) is 15.5 Å². The van der Waals surface area contributed by atoms with Crippen molar-refractivity contribution in [1.29, 1.82) is 4.78 Å². The maximum atomic E-state index is 13.2. The highest BCUT2D eigenvalue weighted by Gasteiger charge is 2.35. The number of alkyl halides is 3. The van der Waals surface area contributed by atoms with Gasteiger partial charge in [0.15, 0.2) is 5.69 Å². The van der Waals surface area contributed by atoms with Crippen LogP contribution in [0, 0.1) is 10.6 Å². The van der Waals surface area contributed by atoms with Gasteiger partial charge in [-0.2, -0.15) is 13.2 Å². The van der Waals surface area contributed by atoms with Gasteiger partial charge in [-0.1, -0.05) is 17.7 Å². The third kappa shape index (κ3) is 5.51. The molecule has 13 heteroatoms. The average molecular weight is 489 g/mol. The molecule has 2 aromatic carbocycles. The number of hydrogen-bond acceptors (Lipinski definition) is 6. The van der Waals surface area contributed by atoms with Crippen molar-refractivity contribution >= 4 is 32.9 Å². The molecule has 1 amide bonds. The number of rotatable bonds is 5. The summed E-state index contributed by atoms with van der Waals surface area (Å²) >= 11 is 5.87. The van der Waals surface area contributed by atoms with E-state index in [1.807, 2.05) is 0 Å². The minimum absolute atomic E-state index is 0.0745. The van der Waals surface area contributed by atoms with Gasteiger partial charge in [-0.05, 0) is 42.5 Å². The summed E-state index contributed by atoms with van der Waals surface area (Å²) in [5.74, 6) is -2.51. The summed E-state index contributed by atoms with van der Waals surface area (Å²) in [6, 6.07) is 8.92. The van der Waals surface area contributed by atoms with Crippen LogP contribution in [0.2, 0.25) is 5.02 Å². The quantitative estimate of drug-likeness (QED) is 0.470. The molecule has 168 valence electrons. The van der Waals surface area contributed by atoms with E-state index in [0.717, 1.165) is 18.2 Å². The molecule has 0 radical (unpaired) electrons. The molecular formula is C19H13ClF4N4O3S. The van der Waals surface area contributed by atoms with Gasteiger partial charge < -0.3 is 10.1 Å². The molecule has 3 aromatic rings. The number of benzene rings is 2. The first kappa shape index (κ1) is 23.4. The molecule has 0 spiro atoms. The zero-order chi connectivity index (χ0) is 23.7. The summed E-state index contributed by atoms with van der Waals surface area (Å²) in [7, 11) is -3.10. The van der Waals surface area contributed by atoms with E-state index >= 15 is 0 Å². The second kappa shape index (κ2) is 8.71. The second-order valence-electron chi connectivity index (χ2n) is 6.45. The molecule has 0 aliphatic carbocycles. The maximum absolute atomic E-state index is 13.2. The highest BCUT2D eigenvalue weighted by Crippen LogP contribution is 2.34. The Balaban J connectivity index is 2.01. The zero-order valence-corrected chi connectivity index (χ0v) is 17.6. The molecule has 3 rings (SSSR count). The van der Waals surface area contributed by atoms with Crippen LogP contribution in [0.4, 0.5) is 23.2 Å². The number of halogens is 5. The van der Waals surface area contributed by atoms with Crippen molar-refractivity contribution in [3.05, 3.63) is 70.6 Å². The Hall–Kier alpha value is -3.25. The lowest BCUT2D eigenvalue weighted by molar-refractivity contribution is -0.141. The standard InChI is InChI=1S/C19H13ClF4N4O3S/c1-32(25,30)12-4-2-3-11(8-12)26-17(29)13-9-16(19(22,23)24)27-28-18(13)31-15-6-5-10(21)7-14(15)20/h2-9,25H,1H3,(H,26,29). The smallest absolute Gasteiger partial charge is 0.435 e. The number of ether oxygens (including phenoxy) is 1. The highest BCUT2D eigenvalue weighted by atomic mass is 35.5. The van der Waals surface area contributed by atoms with Crippen molar-refractivity contribution in [3.8, 4) is 11.6 Å². The first-order valence-electron chi connectivity index (χ1n) is 8.57. The minimum Gasteiger partial charge on any atom is -0.435 e. The molecular weight excluding hydrogens is 476 g/mol. The fourth-order valence-electron chi connectivity index (χ4n) is 2.43. The van der Waals surface area contributed by atoms with Crippen molar-refractivity contribution in [1.82, 2.24) is 10.2 Å². The van der Waals surface area contributed by atoms with Crippen molar-refractivity contribution in [2.75, 3.05) is 11.6 Å². The number of carbonyl (C=O) groups is 1. The maximum Gasteiger partial charge on any atom is 0.435 e. The monoisotopic (exact) mass is 488 g/mol. The number of carbonyl (C=O) groups excluding carboxylic acids is 1. The fourth-order valence-corrected chi connectivity index (χ4v) is 3.33. The topological polar surface area (TPSA) is 105 Å². The van der Waals surface area contributed by atoms with E-state index < -0.39 is 44.8 Å². The molecule has 7 nitrogen and oxygen atoms in total. The van der Waals surface area contributed by atoms with E-state index in [9.17, 15) is 26.6 Å². The van der Waals surface area contributed by atoms with Gasteiger partial charge in [-0.15, -0.1) is 10.2 Å². The molecule has 0 aliphatic heterocycles. The van der Waals surface area contributed by atoms with Crippen LogP contribution < -0.4 is 10.1 Å². The lowest BCUT2D eigenvalue weighted by Crippen LogP contribution is -2.18. The number of anilines is 1. The Kier molecular flexibility index (Phi) is 6.37. The molecule has 0 saturated heterocycles. The Bertz CT molecular complexity index is 1300. The van der Waals surface area contributed by atoms with E-state index in [0.29, 0.717) is 6.07 Å². The first-order chi connectivity index (χ1) is 14.8. The Morgan fingerprint density at radius 2 is 1.88 bits per heavy atom. The minimum atomic E-state index is -4.90. The normalized spacial score (nSPS) is 13.3. The van der Waals surface area contributed by atoms with Crippen LogP contribution >= 0.6 is 11.6 Å². The van der Waals surface area contributed by atoms with Gasteiger partial charge in [0.1, 0.15) is 17.1 Å². The number of nitrogens with zero attached hydrogens (tertiary/aromatic N) is 2. The summed E-state index contributed by atoms with van der Waals surface area (Å²) in [6.07, 6.45) is -3.72. The van der Waals surface area contributed by atoms with Crippen LogP contribution in [-0.2, 0) is 15.9 Å². The van der Waals surface area contributed by atoms with Crippen molar-refractivity contribution < 1.29 is 31.3 Å². The number of hydrogen-bond donors (Lipinski definition) is 2. The van der Waals surface area contributed by atoms with Crippen LogP contribution in [0.15, 0.2) is 53.4 Å². The molecule has 32 heavy (non-hydrogen) atoms. The van der Waals surface area contributed by atoms with Gasteiger partial charge in [-0.25, -0.2) is 13.4 Å². The van der Waals surface area contributed by atoms with Gasteiger partial charge in [0.2, 0.25) is 0 Å². The summed E-state index contributed by atoms with van der Waals surface area (Å²) in [4.78, 5) is 12.9. The predicted molar refractivity (Wildman–Crippen MR) is 108 cm³/mol. The SMILES string of the molecule is CS(=N)(=O)c1cccc(NC(=O)c2cc(C(F)(F)F)nnc2Oc2ccc(F)cc2Cl)c1.